The van der Waals surface area contributed by atoms with Gasteiger partial charge in [0.05, 0.1) is 27.8 Å². The SMILES string of the molecule is c1ccc(-n2c3ccccc3c3cc(-c4ccc5c(c4)c4ccccc4n5-c4cc5ccc6ccccc6c5c5ccccc45)ccc32)cc1. The maximum absolute atomic E-state index is 2.47. The fourth-order valence-corrected chi connectivity index (χ4v) is 8.46. The zero-order valence-corrected chi connectivity index (χ0v) is 27.2. The van der Waals surface area contributed by atoms with Crippen LogP contribution in [-0.4, -0.2) is 9.13 Å². The molecule has 9 aromatic carbocycles. The molecule has 0 aliphatic rings. The van der Waals surface area contributed by atoms with Gasteiger partial charge >= 0.3 is 0 Å². The first-order chi connectivity index (χ1) is 24.8. The number of rotatable bonds is 3. The molecule has 0 saturated heterocycles. The molecular weight excluding hydrogens is 605 g/mol. The number of hydrogen-bond donors (Lipinski definition) is 0. The van der Waals surface area contributed by atoms with Crippen molar-refractivity contribution < 1.29 is 0 Å². The van der Waals surface area contributed by atoms with Gasteiger partial charge in [0, 0.05) is 32.6 Å². The largest absolute Gasteiger partial charge is 0.309 e. The van der Waals surface area contributed by atoms with Crippen LogP contribution in [0, 0.1) is 0 Å². The Hall–Kier alpha value is -6.64. The van der Waals surface area contributed by atoms with Crippen molar-refractivity contribution in [2.45, 2.75) is 0 Å². The zero-order valence-electron chi connectivity index (χ0n) is 27.2. The molecule has 2 aromatic heterocycles. The van der Waals surface area contributed by atoms with E-state index in [9.17, 15) is 0 Å². The summed E-state index contributed by atoms with van der Waals surface area (Å²) in [5.41, 5.74) is 9.68. The minimum Gasteiger partial charge on any atom is -0.309 e. The first-order valence-electron chi connectivity index (χ1n) is 17.3. The Balaban J connectivity index is 1.15. The Morgan fingerprint density at radius 2 is 0.780 bits per heavy atom. The number of para-hydroxylation sites is 3. The molecular formula is C48H30N2. The van der Waals surface area contributed by atoms with Crippen LogP contribution in [0.25, 0.3) is 98.4 Å². The molecule has 11 rings (SSSR count). The van der Waals surface area contributed by atoms with Crippen molar-refractivity contribution in [2.75, 3.05) is 0 Å². The molecule has 0 radical (unpaired) electrons. The summed E-state index contributed by atoms with van der Waals surface area (Å²) in [6.45, 7) is 0. The van der Waals surface area contributed by atoms with Crippen LogP contribution >= 0.6 is 0 Å². The first-order valence-corrected chi connectivity index (χ1v) is 17.3. The summed E-state index contributed by atoms with van der Waals surface area (Å²) in [7, 11) is 0. The second-order valence-electron chi connectivity index (χ2n) is 13.3. The maximum atomic E-state index is 2.47. The minimum atomic E-state index is 1.18. The van der Waals surface area contributed by atoms with E-state index in [1.165, 1.54) is 98.4 Å². The van der Waals surface area contributed by atoms with E-state index in [-0.39, 0.29) is 0 Å². The van der Waals surface area contributed by atoms with E-state index in [1.807, 2.05) is 0 Å². The van der Waals surface area contributed by atoms with E-state index in [0.717, 1.165) is 0 Å². The second-order valence-corrected chi connectivity index (χ2v) is 13.3. The topological polar surface area (TPSA) is 9.86 Å². The van der Waals surface area contributed by atoms with Crippen LogP contribution in [0.15, 0.2) is 182 Å². The fraction of sp³-hybridized carbons (Fsp3) is 0. The van der Waals surface area contributed by atoms with Gasteiger partial charge in [0.2, 0.25) is 0 Å². The average molecular weight is 635 g/mol. The number of nitrogens with zero attached hydrogens (tertiary/aromatic N) is 2. The molecule has 2 nitrogen and oxygen atoms in total. The van der Waals surface area contributed by atoms with E-state index in [0.29, 0.717) is 0 Å². The van der Waals surface area contributed by atoms with Crippen molar-refractivity contribution in [3.63, 3.8) is 0 Å². The highest BCUT2D eigenvalue weighted by atomic mass is 15.0. The van der Waals surface area contributed by atoms with Crippen molar-refractivity contribution in [3.8, 4) is 22.5 Å². The maximum Gasteiger partial charge on any atom is 0.0546 e. The summed E-state index contributed by atoms with van der Waals surface area (Å²) in [6, 6.07) is 66.8. The molecule has 0 saturated carbocycles. The van der Waals surface area contributed by atoms with Crippen LogP contribution in [0.5, 0.6) is 0 Å². The van der Waals surface area contributed by atoms with Crippen LogP contribution in [0.2, 0.25) is 0 Å². The van der Waals surface area contributed by atoms with Crippen molar-refractivity contribution in [1.82, 2.24) is 9.13 Å². The third-order valence-electron chi connectivity index (χ3n) is 10.7. The Bertz CT molecular complexity index is 3140. The highest BCUT2D eigenvalue weighted by Crippen LogP contribution is 2.41. The molecule has 232 valence electrons. The van der Waals surface area contributed by atoms with Crippen molar-refractivity contribution in [3.05, 3.63) is 182 Å². The summed E-state index contributed by atoms with van der Waals surface area (Å²) in [5, 5.41) is 12.7. The average Bonchev–Trinajstić information content (AvgIpc) is 3.70. The van der Waals surface area contributed by atoms with E-state index < -0.39 is 0 Å². The highest BCUT2D eigenvalue weighted by molar-refractivity contribution is 6.23. The van der Waals surface area contributed by atoms with E-state index >= 15 is 0 Å². The van der Waals surface area contributed by atoms with Crippen molar-refractivity contribution in [1.29, 1.82) is 0 Å². The number of aromatic nitrogens is 2. The van der Waals surface area contributed by atoms with Crippen LogP contribution in [0.3, 0.4) is 0 Å². The van der Waals surface area contributed by atoms with Gasteiger partial charge in [-0.15, -0.1) is 0 Å². The molecule has 0 bridgehead atoms. The predicted octanol–water partition coefficient (Wildman–Crippen LogP) is 13.0. The lowest BCUT2D eigenvalue weighted by molar-refractivity contribution is 1.18. The molecule has 0 N–H and O–H groups in total. The van der Waals surface area contributed by atoms with Gasteiger partial charge in [0.1, 0.15) is 0 Å². The van der Waals surface area contributed by atoms with Gasteiger partial charge in [-0.25, -0.2) is 0 Å². The zero-order chi connectivity index (χ0) is 32.8. The van der Waals surface area contributed by atoms with Crippen LogP contribution in [-0.2, 0) is 0 Å². The molecule has 0 spiro atoms. The van der Waals surface area contributed by atoms with Gasteiger partial charge in [-0.3, -0.25) is 0 Å². The summed E-state index contributed by atoms with van der Waals surface area (Å²) in [6.07, 6.45) is 0. The van der Waals surface area contributed by atoms with Gasteiger partial charge in [-0.1, -0.05) is 127 Å². The van der Waals surface area contributed by atoms with Crippen LogP contribution < -0.4 is 0 Å². The molecule has 0 aliphatic carbocycles. The van der Waals surface area contributed by atoms with E-state index in [1.54, 1.807) is 0 Å². The van der Waals surface area contributed by atoms with Gasteiger partial charge in [-0.2, -0.15) is 0 Å². The predicted molar refractivity (Wildman–Crippen MR) is 213 cm³/mol. The number of hydrogen-bond acceptors (Lipinski definition) is 0. The van der Waals surface area contributed by atoms with Crippen LogP contribution in [0.1, 0.15) is 0 Å². The molecule has 50 heavy (non-hydrogen) atoms. The third kappa shape index (κ3) is 3.85. The summed E-state index contributed by atoms with van der Waals surface area (Å²) >= 11 is 0. The Labute approximate surface area is 288 Å². The van der Waals surface area contributed by atoms with Crippen LogP contribution in [0.4, 0.5) is 0 Å². The second kappa shape index (κ2) is 10.4. The molecule has 11 aromatic rings. The number of benzene rings is 9. The van der Waals surface area contributed by atoms with Crippen molar-refractivity contribution in [2.24, 2.45) is 0 Å². The van der Waals surface area contributed by atoms with E-state index in [4.69, 9.17) is 0 Å². The fourth-order valence-electron chi connectivity index (χ4n) is 8.46. The van der Waals surface area contributed by atoms with Gasteiger partial charge in [-0.05, 0) is 92.7 Å². The van der Waals surface area contributed by atoms with Crippen molar-refractivity contribution >= 4 is 75.9 Å². The summed E-state index contributed by atoms with van der Waals surface area (Å²) in [5.74, 6) is 0. The first kappa shape index (κ1) is 27.3. The smallest absolute Gasteiger partial charge is 0.0546 e. The lowest BCUT2D eigenvalue weighted by Gasteiger charge is -2.16. The van der Waals surface area contributed by atoms with E-state index in [2.05, 4.69) is 191 Å². The third-order valence-corrected chi connectivity index (χ3v) is 10.7. The molecule has 0 unspecified atom stereocenters. The molecule has 2 heterocycles. The molecule has 0 aliphatic heterocycles. The summed E-state index contributed by atoms with van der Waals surface area (Å²) in [4.78, 5) is 0. The highest BCUT2D eigenvalue weighted by Gasteiger charge is 2.18. The van der Waals surface area contributed by atoms with Gasteiger partial charge in [0.15, 0.2) is 0 Å². The molecule has 0 atom stereocenters. The minimum absolute atomic E-state index is 1.18. The normalized spacial score (nSPS) is 12.0. The Morgan fingerprint density at radius 1 is 0.280 bits per heavy atom. The molecule has 0 fully saturated rings. The lowest BCUT2D eigenvalue weighted by Crippen LogP contribution is -1.96. The standard InChI is InChI=1S/C48H30N2/c1-2-13-35(14-3-1)49-43-20-10-8-17-38(43)41-28-32(24-26-45(41)49)33-25-27-46-42(29-33)39-18-9-11-21-44(39)50(46)47-30-34-23-22-31-12-4-5-15-36(31)48(34)40-19-7-6-16-37(40)47/h1-30H. The monoisotopic (exact) mass is 634 g/mol. The molecule has 2 heteroatoms. The molecule has 0 amide bonds. The van der Waals surface area contributed by atoms with Gasteiger partial charge in [0.25, 0.3) is 0 Å². The number of fused-ring (bicyclic) bond motifs is 11. The quantitative estimate of drug-likeness (QED) is 0.171. The lowest BCUT2D eigenvalue weighted by atomic mass is 9.95. The Kier molecular flexibility index (Phi) is 5.70. The Morgan fingerprint density at radius 3 is 1.48 bits per heavy atom. The summed E-state index contributed by atoms with van der Waals surface area (Å²) < 4.78 is 4.85. The van der Waals surface area contributed by atoms with Gasteiger partial charge < -0.3 is 9.13 Å².